The normalized spacial score (nSPS) is 31.8. The van der Waals surface area contributed by atoms with Crippen LogP contribution >= 0.6 is 0 Å². The van der Waals surface area contributed by atoms with E-state index in [1.165, 1.54) is 63.4 Å². The summed E-state index contributed by atoms with van der Waals surface area (Å²) in [5.74, 6) is 3.94. The third-order valence-electron chi connectivity index (χ3n) is 6.47. The van der Waals surface area contributed by atoms with Gasteiger partial charge in [0.05, 0.1) is 6.07 Å². The first-order valence-electron chi connectivity index (χ1n) is 10.0. The summed E-state index contributed by atoms with van der Waals surface area (Å²) in [7, 11) is 0. The summed E-state index contributed by atoms with van der Waals surface area (Å²) in [6, 6.07) is 2.08. The van der Waals surface area contributed by atoms with Gasteiger partial charge in [-0.05, 0) is 75.2 Å². The standard InChI is InChI=1S/C23H35N/c1-4-20(8-5-19(3)17-24)9-10-21-11-15-23(16-12-21)22-13-6-18(2)7-14-22/h4-5,8,18,21-23H,3,6-7,9-16H2,1-2H3/b8-5-,20-4+. The highest BCUT2D eigenvalue weighted by Gasteiger charge is 2.29. The molecule has 2 aliphatic rings. The molecule has 1 nitrogen and oxygen atoms in total. The molecular formula is C23H35N. The molecule has 0 N–H and O–H groups in total. The van der Waals surface area contributed by atoms with Gasteiger partial charge in [-0.25, -0.2) is 0 Å². The van der Waals surface area contributed by atoms with Crippen molar-refractivity contribution in [3.05, 3.63) is 36.0 Å². The Balaban J connectivity index is 1.70. The molecule has 0 aromatic heterocycles. The summed E-state index contributed by atoms with van der Waals surface area (Å²) in [5.41, 5.74) is 1.88. The van der Waals surface area contributed by atoms with Crippen LogP contribution in [0, 0.1) is 35.0 Å². The Labute approximate surface area is 149 Å². The summed E-state index contributed by atoms with van der Waals surface area (Å²) < 4.78 is 0. The molecule has 0 aliphatic heterocycles. The first-order valence-corrected chi connectivity index (χ1v) is 10.0. The van der Waals surface area contributed by atoms with E-state index in [1.54, 1.807) is 0 Å². The zero-order valence-corrected chi connectivity index (χ0v) is 15.8. The van der Waals surface area contributed by atoms with Crippen LogP contribution in [0.5, 0.6) is 0 Å². The van der Waals surface area contributed by atoms with E-state index >= 15 is 0 Å². The maximum Gasteiger partial charge on any atom is 0.0985 e. The molecule has 2 fully saturated rings. The van der Waals surface area contributed by atoms with Crippen LogP contribution in [-0.4, -0.2) is 0 Å². The Bertz CT molecular complexity index is 489. The van der Waals surface area contributed by atoms with Gasteiger partial charge in [-0.1, -0.05) is 56.9 Å². The van der Waals surface area contributed by atoms with E-state index < -0.39 is 0 Å². The number of rotatable bonds is 6. The molecule has 132 valence electrons. The maximum atomic E-state index is 8.78. The number of hydrogen-bond acceptors (Lipinski definition) is 1. The second-order valence-corrected chi connectivity index (χ2v) is 8.17. The SMILES string of the molecule is C=C(C#N)/C=C\C(=C/C)CCC1CCC(C2CCC(C)CC2)CC1. The molecule has 24 heavy (non-hydrogen) atoms. The van der Waals surface area contributed by atoms with Crippen LogP contribution < -0.4 is 0 Å². The van der Waals surface area contributed by atoms with E-state index in [0.717, 1.165) is 30.1 Å². The topological polar surface area (TPSA) is 23.8 Å². The fraction of sp³-hybridized carbons (Fsp3) is 0.696. The predicted molar refractivity (Wildman–Crippen MR) is 103 cm³/mol. The lowest BCUT2D eigenvalue weighted by Crippen LogP contribution is -2.25. The van der Waals surface area contributed by atoms with Crippen molar-refractivity contribution in [3.8, 4) is 6.07 Å². The molecule has 0 atom stereocenters. The van der Waals surface area contributed by atoms with Crippen molar-refractivity contribution >= 4 is 0 Å². The van der Waals surface area contributed by atoms with Crippen molar-refractivity contribution in [2.75, 3.05) is 0 Å². The monoisotopic (exact) mass is 325 g/mol. The summed E-state index contributed by atoms with van der Waals surface area (Å²) >= 11 is 0. The summed E-state index contributed by atoms with van der Waals surface area (Å²) in [6.07, 6.45) is 20.3. The average molecular weight is 326 g/mol. The van der Waals surface area contributed by atoms with Crippen LogP contribution in [0.4, 0.5) is 0 Å². The van der Waals surface area contributed by atoms with Crippen molar-refractivity contribution < 1.29 is 0 Å². The second-order valence-electron chi connectivity index (χ2n) is 8.17. The highest BCUT2D eigenvalue weighted by atomic mass is 14.3. The Morgan fingerprint density at radius 2 is 1.58 bits per heavy atom. The summed E-state index contributed by atoms with van der Waals surface area (Å²) in [6.45, 7) is 8.23. The molecule has 0 aromatic carbocycles. The quantitative estimate of drug-likeness (QED) is 0.381. The van der Waals surface area contributed by atoms with Crippen molar-refractivity contribution in [3.63, 3.8) is 0 Å². The van der Waals surface area contributed by atoms with Gasteiger partial charge in [0.15, 0.2) is 0 Å². The minimum Gasteiger partial charge on any atom is -0.192 e. The zero-order chi connectivity index (χ0) is 17.4. The fourth-order valence-electron chi connectivity index (χ4n) is 4.65. The molecule has 0 amide bonds. The van der Waals surface area contributed by atoms with Crippen LogP contribution in [-0.2, 0) is 0 Å². The first-order chi connectivity index (χ1) is 11.6. The second kappa shape index (κ2) is 9.87. The third-order valence-corrected chi connectivity index (χ3v) is 6.47. The molecule has 0 aromatic rings. The molecule has 1 heteroatoms. The average Bonchev–Trinajstić information content (AvgIpc) is 2.62. The number of nitrogens with zero attached hydrogens (tertiary/aromatic N) is 1. The van der Waals surface area contributed by atoms with Gasteiger partial charge in [-0.15, -0.1) is 0 Å². The van der Waals surface area contributed by atoms with Crippen LogP contribution in [0.1, 0.15) is 78.1 Å². The highest BCUT2D eigenvalue weighted by molar-refractivity contribution is 5.34. The summed E-state index contributed by atoms with van der Waals surface area (Å²) in [5, 5.41) is 8.78. The lowest BCUT2D eigenvalue weighted by Gasteiger charge is -2.37. The van der Waals surface area contributed by atoms with E-state index in [1.807, 2.05) is 6.08 Å². The molecular weight excluding hydrogens is 290 g/mol. The molecule has 2 rings (SSSR count). The number of hydrogen-bond donors (Lipinski definition) is 0. The largest absolute Gasteiger partial charge is 0.192 e. The molecule has 2 aliphatic carbocycles. The molecule has 0 spiro atoms. The van der Waals surface area contributed by atoms with E-state index in [-0.39, 0.29) is 0 Å². The van der Waals surface area contributed by atoms with Crippen molar-refractivity contribution in [1.29, 1.82) is 5.26 Å². The Kier molecular flexibility index (Phi) is 7.83. The predicted octanol–water partition coefficient (Wildman–Crippen LogP) is 6.98. The summed E-state index contributed by atoms with van der Waals surface area (Å²) in [4.78, 5) is 0. The minimum atomic E-state index is 0.539. The van der Waals surface area contributed by atoms with Crippen molar-refractivity contribution in [2.45, 2.75) is 78.1 Å². The molecule has 0 heterocycles. The van der Waals surface area contributed by atoms with Gasteiger partial charge in [0.1, 0.15) is 0 Å². The van der Waals surface area contributed by atoms with Crippen molar-refractivity contribution in [2.24, 2.45) is 23.7 Å². The third kappa shape index (κ3) is 5.97. The lowest BCUT2D eigenvalue weighted by molar-refractivity contribution is 0.148. The van der Waals surface area contributed by atoms with Crippen LogP contribution in [0.2, 0.25) is 0 Å². The molecule has 0 unspecified atom stereocenters. The van der Waals surface area contributed by atoms with Gasteiger partial charge < -0.3 is 0 Å². The Hall–Kier alpha value is -1.29. The smallest absolute Gasteiger partial charge is 0.0985 e. The van der Waals surface area contributed by atoms with Crippen LogP contribution in [0.3, 0.4) is 0 Å². The molecule has 2 saturated carbocycles. The van der Waals surface area contributed by atoms with Gasteiger partial charge in [-0.2, -0.15) is 5.26 Å². The molecule has 0 radical (unpaired) electrons. The van der Waals surface area contributed by atoms with E-state index in [0.29, 0.717) is 5.57 Å². The Morgan fingerprint density at radius 1 is 1.00 bits per heavy atom. The van der Waals surface area contributed by atoms with Crippen LogP contribution in [0.25, 0.3) is 0 Å². The van der Waals surface area contributed by atoms with Gasteiger partial charge >= 0.3 is 0 Å². The Morgan fingerprint density at radius 3 is 2.12 bits per heavy atom. The van der Waals surface area contributed by atoms with Gasteiger partial charge in [0, 0.05) is 5.57 Å². The van der Waals surface area contributed by atoms with Crippen molar-refractivity contribution in [1.82, 2.24) is 0 Å². The first kappa shape index (κ1) is 19.0. The fourth-order valence-corrected chi connectivity index (χ4v) is 4.65. The van der Waals surface area contributed by atoms with E-state index in [4.69, 9.17) is 5.26 Å². The minimum absolute atomic E-state index is 0.539. The van der Waals surface area contributed by atoms with E-state index in [9.17, 15) is 0 Å². The van der Waals surface area contributed by atoms with Crippen LogP contribution in [0.15, 0.2) is 36.0 Å². The number of allylic oxidation sites excluding steroid dienone is 5. The van der Waals surface area contributed by atoms with Gasteiger partial charge in [0.25, 0.3) is 0 Å². The number of nitriles is 1. The lowest BCUT2D eigenvalue weighted by atomic mass is 9.69. The van der Waals surface area contributed by atoms with E-state index in [2.05, 4.69) is 38.6 Å². The molecule has 0 saturated heterocycles. The van der Waals surface area contributed by atoms with Gasteiger partial charge in [0.2, 0.25) is 0 Å². The highest BCUT2D eigenvalue weighted by Crippen LogP contribution is 2.42. The zero-order valence-electron chi connectivity index (χ0n) is 15.8. The maximum absolute atomic E-state index is 8.78. The van der Waals surface area contributed by atoms with Gasteiger partial charge in [-0.3, -0.25) is 0 Å². The molecule has 0 bridgehead atoms.